The van der Waals surface area contributed by atoms with Crippen LogP contribution >= 0.6 is 0 Å². The minimum absolute atomic E-state index is 0.00757. The molecule has 4 saturated carbocycles. The molecule has 6 rings (SSSR count). The molecule has 4 aliphatic carbocycles. The van der Waals surface area contributed by atoms with Crippen molar-refractivity contribution in [3.63, 3.8) is 0 Å². The van der Waals surface area contributed by atoms with Crippen molar-refractivity contribution in [1.82, 2.24) is 9.47 Å². The molecule has 0 N–H and O–H groups in total. The molecule has 5 fully saturated rings. The minimum atomic E-state index is -0.0530. The number of nitrogens with zero attached hydrogens (tertiary/aromatic N) is 2. The lowest BCUT2D eigenvalue weighted by atomic mass is 9.49. The Kier molecular flexibility index (Phi) is 4.33. The summed E-state index contributed by atoms with van der Waals surface area (Å²) >= 11 is 0. The summed E-state index contributed by atoms with van der Waals surface area (Å²) in [6.45, 7) is 3.34. The normalized spacial score (nSPS) is 36.1. The fourth-order valence-corrected chi connectivity index (χ4v) is 6.99. The molecule has 0 radical (unpaired) electrons. The maximum absolute atomic E-state index is 13.1. The second-order valence-electron chi connectivity index (χ2n) is 10.2. The van der Waals surface area contributed by atoms with Crippen molar-refractivity contribution in [2.45, 2.75) is 64.4 Å². The third kappa shape index (κ3) is 3.27. The molecule has 1 unspecified atom stereocenters. The zero-order chi connectivity index (χ0) is 19.5. The first kappa shape index (κ1) is 18.3. The first-order valence-electron chi connectivity index (χ1n) is 11.0. The highest BCUT2D eigenvalue weighted by Crippen LogP contribution is 2.61. The van der Waals surface area contributed by atoms with Crippen LogP contribution in [0, 0.1) is 30.1 Å². The van der Waals surface area contributed by atoms with Gasteiger partial charge in [0.05, 0.1) is 6.54 Å². The molecule has 0 spiro atoms. The highest BCUT2D eigenvalue weighted by atomic mass is 16.5. The lowest BCUT2D eigenvalue weighted by Crippen LogP contribution is -2.48. The zero-order valence-corrected chi connectivity index (χ0v) is 17.2. The fraction of sp³-hybridized carbons (Fsp3) is 0.739. The van der Waals surface area contributed by atoms with E-state index in [-0.39, 0.29) is 11.7 Å². The number of ether oxygens (including phenoxy) is 1. The van der Waals surface area contributed by atoms with E-state index in [4.69, 9.17) is 4.74 Å². The van der Waals surface area contributed by atoms with Crippen LogP contribution in [0.2, 0.25) is 0 Å². The standard InChI is InChI=1S/C23H32N2O3/c1-15-5-20(9-21(26)24(15)2)28-19-3-4-25(14-19)22(27)13-23-10-16-6-17(11-23)8-18(7-16)12-23/h5,9,16-19H,3-4,6-8,10-14H2,1-2H3. The van der Waals surface area contributed by atoms with Crippen LogP contribution in [0.15, 0.2) is 16.9 Å². The number of hydrogen-bond donors (Lipinski definition) is 0. The van der Waals surface area contributed by atoms with Crippen molar-refractivity contribution in [3.8, 4) is 5.75 Å². The number of aromatic nitrogens is 1. The van der Waals surface area contributed by atoms with E-state index >= 15 is 0 Å². The summed E-state index contributed by atoms with van der Waals surface area (Å²) in [5.74, 6) is 3.61. The topological polar surface area (TPSA) is 51.5 Å². The third-order valence-corrected chi connectivity index (χ3v) is 7.97. The van der Waals surface area contributed by atoms with Gasteiger partial charge in [0.15, 0.2) is 0 Å². The minimum Gasteiger partial charge on any atom is -0.488 e. The molecule has 1 saturated heterocycles. The van der Waals surface area contributed by atoms with E-state index in [2.05, 4.69) is 0 Å². The molecule has 1 aromatic heterocycles. The maximum atomic E-state index is 13.1. The largest absolute Gasteiger partial charge is 0.488 e. The summed E-state index contributed by atoms with van der Waals surface area (Å²) in [6, 6.07) is 3.45. The molecule has 1 atom stereocenters. The van der Waals surface area contributed by atoms with Crippen LogP contribution in [-0.4, -0.2) is 34.6 Å². The molecule has 5 aliphatic rings. The van der Waals surface area contributed by atoms with Gasteiger partial charge < -0.3 is 14.2 Å². The number of pyridine rings is 1. The Labute approximate surface area is 167 Å². The average Bonchev–Trinajstić information content (AvgIpc) is 3.06. The number of aryl methyl sites for hydroxylation is 1. The van der Waals surface area contributed by atoms with E-state index in [9.17, 15) is 9.59 Å². The highest BCUT2D eigenvalue weighted by Gasteiger charge is 2.52. The summed E-state index contributed by atoms with van der Waals surface area (Å²) in [5, 5.41) is 0. The summed E-state index contributed by atoms with van der Waals surface area (Å²) in [7, 11) is 1.77. The summed E-state index contributed by atoms with van der Waals surface area (Å²) in [5.41, 5.74) is 1.13. The summed E-state index contributed by atoms with van der Waals surface area (Å²) in [4.78, 5) is 27.1. The van der Waals surface area contributed by atoms with E-state index in [1.165, 1.54) is 38.5 Å². The van der Waals surface area contributed by atoms with Crippen LogP contribution < -0.4 is 10.3 Å². The van der Waals surface area contributed by atoms with Crippen LogP contribution in [0.4, 0.5) is 0 Å². The van der Waals surface area contributed by atoms with E-state index in [0.717, 1.165) is 42.8 Å². The van der Waals surface area contributed by atoms with Crippen molar-refractivity contribution in [2.24, 2.45) is 30.2 Å². The van der Waals surface area contributed by atoms with Crippen molar-refractivity contribution in [2.75, 3.05) is 13.1 Å². The molecule has 1 aliphatic heterocycles. The van der Waals surface area contributed by atoms with Crippen LogP contribution in [0.25, 0.3) is 0 Å². The predicted molar refractivity (Wildman–Crippen MR) is 107 cm³/mol. The van der Waals surface area contributed by atoms with E-state index in [0.29, 0.717) is 23.6 Å². The molecule has 2 heterocycles. The highest BCUT2D eigenvalue weighted by molar-refractivity contribution is 5.77. The number of rotatable bonds is 4. The van der Waals surface area contributed by atoms with Crippen LogP contribution in [0.1, 0.15) is 57.1 Å². The molecular weight excluding hydrogens is 352 g/mol. The number of amides is 1. The second-order valence-corrected chi connectivity index (χ2v) is 10.2. The van der Waals surface area contributed by atoms with Crippen molar-refractivity contribution < 1.29 is 9.53 Å². The molecule has 1 aromatic rings. The molecular formula is C23H32N2O3. The number of carbonyl (C=O) groups is 1. The fourth-order valence-electron chi connectivity index (χ4n) is 6.99. The van der Waals surface area contributed by atoms with Crippen molar-refractivity contribution in [1.29, 1.82) is 0 Å². The summed E-state index contributed by atoms with van der Waals surface area (Å²) < 4.78 is 7.67. The SMILES string of the molecule is Cc1cc(OC2CCN(C(=O)CC34CC5CC(CC(C5)C3)C4)C2)cc(=O)n1C. The first-order valence-corrected chi connectivity index (χ1v) is 11.0. The van der Waals surface area contributed by atoms with Gasteiger partial charge in [0.1, 0.15) is 11.9 Å². The Morgan fingerprint density at radius 2 is 1.79 bits per heavy atom. The van der Waals surface area contributed by atoms with Gasteiger partial charge in [-0.25, -0.2) is 0 Å². The molecule has 152 valence electrons. The predicted octanol–water partition coefficient (Wildman–Crippen LogP) is 3.28. The Bertz CT molecular complexity index is 807. The molecule has 28 heavy (non-hydrogen) atoms. The van der Waals surface area contributed by atoms with Gasteiger partial charge in [-0.15, -0.1) is 0 Å². The van der Waals surface area contributed by atoms with Crippen molar-refractivity contribution in [3.05, 3.63) is 28.2 Å². The van der Waals surface area contributed by atoms with Gasteiger partial charge in [-0.1, -0.05) is 0 Å². The van der Waals surface area contributed by atoms with Crippen LogP contribution in [-0.2, 0) is 11.8 Å². The lowest BCUT2D eigenvalue weighted by Gasteiger charge is -2.56. The van der Waals surface area contributed by atoms with Gasteiger partial charge in [-0.05, 0) is 74.7 Å². The Morgan fingerprint density at radius 1 is 1.14 bits per heavy atom. The quantitative estimate of drug-likeness (QED) is 0.800. The van der Waals surface area contributed by atoms with Crippen LogP contribution in [0.3, 0.4) is 0 Å². The second kappa shape index (κ2) is 6.64. The Morgan fingerprint density at radius 3 is 2.39 bits per heavy atom. The van der Waals surface area contributed by atoms with Gasteiger partial charge in [-0.3, -0.25) is 9.59 Å². The van der Waals surface area contributed by atoms with Crippen LogP contribution in [0.5, 0.6) is 5.75 Å². The Hall–Kier alpha value is -1.78. The molecule has 0 aromatic carbocycles. The molecule has 1 amide bonds. The number of likely N-dealkylation sites (tertiary alicyclic amines) is 1. The lowest BCUT2D eigenvalue weighted by molar-refractivity contribution is -0.138. The van der Waals surface area contributed by atoms with Gasteiger partial charge in [0, 0.05) is 38.2 Å². The summed E-state index contributed by atoms with van der Waals surface area (Å²) in [6.07, 6.45) is 9.69. The first-order chi connectivity index (χ1) is 13.4. The molecule has 5 heteroatoms. The molecule has 5 nitrogen and oxygen atoms in total. The third-order valence-electron chi connectivity index (χ3n) is 7.97. The number of carbonyl (C=O) groups excluding carboxylic acids is 1. The zero-order valence-electron chi connectivity index (χ0n) is 17.2. The van der Waals surface area contributed by atoms with E-state index in [1.807, 2.05) is 17.9 Å². The van der Waals surface area contributed by atoms with E-state index in [1.54, 1.807) is 17.7 Å². The van der Waals surface area contributed by atoms with Gasteiger partial charge >= 0.3 is 0 Å². The van der Waals surface area contributed by atoms with Gasteiger partial charge in [0.2, 0.25) is 5.91 Å². The smallest absolute Gasteiger partial charge is 0.254 e. The van der Waals surface area contributed by atoms with E-state index < -0.39 is 0 Å². The monoisotopic (exact) mass is 384 g/mol. The average molecular weight is 385 g/mol. The van der Waals surface area contributed by atoms with Gasteiger partial charge in [-0.2, -0.15) is 0 Å². The maximum Gasteiger partial charge on any atom is 0.254 e. The molecule has 4 bridgehead atoms. The van der Waals surface area contributed by atoms with Gasteiger partial charge in [0.25, 0.3) is 5.56 Å². The number of hydrogen-bond acceptors (Lipinski definition) is 3. The van der Waals surface area contributed by atoms with Crippen molar-refractivity contribution >= 4 is 5.91 Å². The Balaban J connectivity index is 1.20.